The highest BCUT2D eigenvalue weighted by atomic mass is 16.5. The number of para-hydroxylation sites is 2. The molecule has 1 fully saturated rings. The normalized spacial score (nSPS) is 13.4. The van der Waals surface area contributed by atoms with Crippen LogP contribution in [0.2, 0.25) is 0 Å². The van der Waals surface area contributed by atoms with Crippen LogP contribution in [0.1, 0.15) is 45.9 Å². The van der Waals surface area contributed by atoms with Crippen LogP contribution in [0.25, 0.3) is 0 Å². The summed E-state index contributed by atoms with van der Waals surface area (Å²) in [6.45, 7) is 1.93. The third-order valence-electron chi connectivity index (χ3n) is 5.55. The number of nitrogens with two attached hydrogens (primary N) is 1. The number of amides is 2. The summed E-state index contributed by atoms with van der Waals surface area (Å²) < 4.78 is 16.7. The standard InChI is InChI=1S/C25H27N3O5/c1-31-21-7-3-4-8-22(21)32-16-18-10-12-23(33-18)25(30)27-19-15-17(24(26)29)9-11-20(19)28-13-5-2-6-14-28/h3-4,7-12,15H,2,5-6,13-14,16H2,1H3,(H2,26,29)(H,27,30). The predicted molar refractivity (Wildman–Crippen MR) is 125 cm³/mol. The molecule has 0 unspecified atom stereocenters. The molecule has 2 aromatic carbocycles. The minimum Gasteiger partial charge on any atom is -0.493 e. The molecule has 0 atom stereocenters. The van der Waals surface area contributed by atoms with Gasteiger partial charge >= 0.3 is 0 Å². The van der Waals surface area contributed by atoms with Crippen molar-refractivity contribution in [1.82, 2.24) is 0 Å². The summed E-state index contributed by atoms with van der Waals surface area (Å²) >= 11 is 0. The highest BCUT2D eigenvalue weighted by molar-refractivity contribution is 6.05. The molecule has 1 saturated heterocycles. The summed E-state index contributed by atoms with van der Waals surface area (Å²) in [6, 6.07) is 15.7. The lowest BCUT2D eigenvalue weighted by Gasteiger charge is -2.30. The van der Waals surface area contributed by atoms with Gasteiger partial charge in [0.15, 0.2) is 17.3 Å². The van der Waals surface area contributed by atoms with E-state index in [0.29, 0.717) is 28.5 Å². The van der Waals surface area contributed by atoms with Crippen molar-refractivity contribution in [3.63, 3.8) is 0 Å². The first-order valence-corrected chi connectivity index (χ1v) is 10.9. The highest BCUT2D eigenvalue weighted by Crippen LogP contribution is 2.31. The number of ether oxygens (including phenoxy) is 2. The minimum absolute atomic E-state index is 0.141. The van der Waals surface area contributed by atoms with Crippen molar-refractivity contribution in [2.75, 3.05) is 30.4 Å². The van der Waals surface area contributed by atoms with Gasteiger partial charge in [-0.3, -0.25) is 9.59 Å². The second-order valence-corrected chi connectivity index (χ2v) is 7.80. The zero-order valence-corrected chi connectivity index (χ0v) is 18.5. The molecule has 3 aromatic rings. The molecule has 0 spiro atoms. The van der Waals surface area contributed by atoms with E-state index in [4.69, 9.17) is 19.6 Å². The van der Waals surface area contributed by atoms with E-state index >= 15 is 0 Å². The number of nitrogens with zero attached hydrogens (tertiary/aromatic N) is 1. The van der Waals surface area contributed by atoms with Crippen molar-refractivity contribution in [2.45, 2.75) is 25.9 Å². The molecule has 2 amide bonds. The molecule has 4 rings (SSSR count). The Morgan fingerprint density at radius 2 is 1.79 bits per heavy atom. The lowest BCUT2D eigenvalue weighted by molar-refractivity contribution is 0.0985. The first-order chi connectivity index (χ1) is 16.0. The van der Waals surface area contributed by atoms with Gasteiger partial charge in [0.05, 0.1) is 18.5 Å². The monoisotopic (exact) mass is 449 g/mol. The summed E-state index contributed by atoms with van der Waals surface area (Å²) in [7, 11) is 1.57. The smallest absolute Gasteiger partial charge is 0.291 e. The minimum atomic E-state index is -0.551. The van der Waals surface area contributed by atoms with E-state index < -0.39 is 11.8 Å². The third-order valence-corrected chi connectivity index (χ3v) is 5.55. The predicted octanol–water partition coefficient (Wildman–Crippen LogP) is 4.21. The van der Waals surface area contributed by atoms with Gasteiger partial charge in [-0.05, 0) is 61.7 Å². The SMILES string of the molecule is COc1ccccc1OCc1ccc(C(=O)Nc2cc(C(N)=O)ccc2N2CCCCC2)o1. The molecular weight excluding hydrogens is 422 g/mol. The maximum atomic E-state index is 12.9. The van der Waals surface area contributed by atoms with Gasteiger partial charge in [0, 0.05) is 18.7 Å². The lowest BCUT2D eigenvalue weighted by Crippen LogP contribution is -2.30. The molecule has 8 nitrogen and oxygen atoms in total. The van der Waals surface area contributed by atoms with Crippen LogP contribution >= 0.6 is 0 Å². The van der Waals surface area contributed by atoms with Gasteiger partial charge in [-0.15, -0.1) is 0 Å². The summed E-state index contributed by atoms with van der Waals surface area (Å²) in [4.78, 5) is 26.8. The van der Waals surface area contributed by atoms with E-state index in [-0.39, 0.29) is 12.4 Å². The Balaban J connectivity index is 1.48. The Labute approximate surface area is 192 Å². The molecule has 0 bridgehead atoms. The zero-order valence-electron chi connectivity index (χ0n) is 18.5. The Bertz CT molecular complexity index is 1130. The fourth-order valence-corrected chi connectivity index (χ4v) is 3.85. The van der Waals surface area contributed by atoms with E-state index in [9.17, 15) is 9.59 Å². The van der Waals surface area contributed by atoms with E-state index in [1.807, 2.05) is 18.2 Å². The van der Waals surface area contributed by atoms with Crippen LogP contribution in [-0.2, 0) is 6.61 Å². The van der Waals surface area contributed by atoms with Gasteiger partial charge in [-0.2, -0.15) is 0 Å². The van der Waals surface area contributed by atoms with E-state index in [1.165, 1.54) is 6.42 Å². The van der Waals surface area contributed by atoms with Crippen molar-refractivity contribution in [3.05, 3.63) is 71.7 Å². The van der Waals surface area contributed by atoms with Crippen molar-refractivity contribution in [3.8, 4) is 11.5 Å². The number of furan rings is 1. The Morgan fingerprint density at radius 1 is 1.03 bits per heavy atom. The van der Waals surface area contributed by atoms with Crippen LogP contribution in [0.5, 0.6) is 11.5 Å². The van der Waals surface area contributed by atoms with Crippen LogP contribution in [0.3, 0.4) is 0 Å². The van der Waals surface area contributed by atoms with Crippen LogP contribution < -0.4 is 25.4 Å². The highest BCUT2D eigenvalue weighted by Gasteiger charge is 2.19. The van der Waals surface area contributed by atoms with Crippen molar-refractivity contribution in [2.24, 2.45) is 5.73 Å². The number of rotatable bonds is 8. The molecule has 0 radical (unpaired) electrons. The maximum Gasteiger partial charge on any atom is 0.291 e. The topological polar surface area (TPSA) is 107 Å². The van der Waals surface area contributed by atoms with Crippen molar-refractivity contribution in [1.29, 1.82) is 0 Å². The van der Waals surface area contributed by atoms with Crippen LogP contribution in [-0.4, -0.2) is 32.0 Å². The number of carbonyl (C=O) groups excluding carboxylic acids is 2. The second-order valence-electron chi connectivity index (χ2n) is 7.80. The van der Waals surface area contributed by atoms with Gasteiger partial charge in [-0.1, -0.05) is 12.1 Å². The zero-order chi connectivity index (χ0) is 23.2. The first kappa shape index (κ1) is 22.3. The second kappa shape index (κ2) is 10.1. The first-order valence-electron chi connectivity index (χ1n) is 10.9. The van der Waals surface area contributed by atoms with Crippen molar-refractivity contribution >= 4 is 23.2 Å². The molecule has 33 heavy (non-hydrogen) atoms. The lowest BCUT2D eigenvalue weighted by atomic mass is 10.1. The summed E-state index contributed by atoms with van der Waals surface area (Å²) in [5, 5.41) is 2.88. The number of benzene rings is 2. The van der Waals surface area contributed by atoms with Crippen LogP contribution in [0.15, 0.2) is 59.0 Å². The Morgan fingerprint density at radius 3 is 2.52 bits per heavy atom. The molecule has 2 heterocycles. The number of nitrogens with one attached hydrogen (secondary N) is 1. The fourth-order valence-electron chi connectivity index (χ4n) is 3.85. The van der Waals surface area contributed by atoms with Gasteiger partial charge < -0.3 is 29.8 Å². The maximum absolute atomic E-state index is 12.9. The summed E-state index contributed by atoms with van der Waals surface area (Å²) in [5.41, 5.74) is 7.17. The average molecular weight is 450 g/mol. The molecule has 3 N–H and O–H groups in total. The van der Waals surface area contributed by atoms with Crippen LogP contribution in [0.4, 0.5) is 11.4 Å². The number of piperidine rings is 1. The fraction of sp³-hybridized carbons (Fsp3) is 0.280. The summed E-state index contributed by atoms with van der Waals surface area (Å²) in [5.74, 6) is 0.859. The van der Waals surface area contributed by atoms with Gasteiger partial charge in [0.2, 0.25) is 5.91 Å². The molecule has 8 heteroatoms. The van der Waals surface area contributed by atoms with Crippen molar-refractivity contribution < 1.29 is 23.5 Å². The number of carbonyl (C=O) groups is 2. The number of hydrogen-bond acceptors (Lipinski definition) is 6. The van der Waals surface area contributed by atoms with E-state index in [0.717, 1.165) is 31.6 Å². The quantitative estimate of drug-likeness (QED) is 0.534. The number of hydrogen-bond donors (Lipinski definition) is 2. The molecule has 0 aliphatic carbocycles. The Hall–Kier alpha value is -3.94. The van der Waals surface area contributed by atoms with E-state index in [1.54, 1.807) is 43.5 Å². The molecule has 0 saturated carbocycles. The molecule has 172 valence electrons. The van der Waals surface area contributed by atoms with Gasteiger partial charge in [0.1, 0.15) is 12.4 Å². The largest absolute Gasteiger partial charge is 0.493 e. The number of anilines is 2. The molecule has 1 aliphatic rings. The third kappa shape index (κ3) is 5.28. The van der Waals surface area contributed by atoms with Gasteiger partial charge in [0.25, 0.3) is 5.91 Å². The summed E-state index contributed by atoms with van der Waals surface area (Å²) in [6.07, 6.45) is 3.35. The number of methoxy groups -OCH3 is 1. The van der Waals surface area contributed by atoms with Crippen LogP contribution in [0, 0.1) is 0 Å². The van der Waals surface area contributed by atoms with Gasteiger partial charge in [-0.25, -0.2) is 0 Å². The molecule has 1 aromatic heterocycles. The average Bonchev–Trinajstić information content (AvgIpc) is 3.32. The molecule has 1 aliphatic heterocycles. The van der Waals surface area contributed by atoms with E-state index in [2.05, 4.69) is 10.2 Å². The Kier molecular flexibility index (Phi) is 6.83. The molecular formula is C25H27N3O5. The number of primary amides is 1.